The lowest BCUT2D eigenvalue weighted by Crippen LogP contribution is -2.17. The molecule has 0 aliphatic heterocycles. The number of thioether (sulfide) groups is 1. The Kier molecular flexibility index (Phi) is 6.18. The number of aliphatic hydroxyl groups is 2. The van der Waals surface area contributed by atoms with Gasteiger partial charge in [0.2, 0.25) is 0 Å². The van der Waals surface area contributed by atoms with Crippen LogP contribution in [-0.4, -0.2) is 35.2 Å². The van der Waals surface area contributed by atoms with Gasteiger partial charge in [-0.15, -0.1) is 23.1 Å². The van der Waals surface area contributed by atoms with E-state index in [9.17, 15) is 5.11 Å². The topological polar surface area (TPSA) is 66.5 Å². The van der Waals surface area contributed by atoms with Gasteiger partial charge in [0.05, 0.1) is 21.7 Å². The average molecular weight is 312 g/mol. The van der Waals surface area contributed by atoms with Gasteiger partial charge in [-0.3, -0.25) is 0 Å². The van der Waals surface area contributed by atoms with Crippen molar-refractivity contribution >= 4 is 39.0 Å². The van der Waals surface area contributed by atoms with Crippen LogP contribution in [0.2, 0.25) is 0 Å². The van der Waals surface area contributed by atoms with Gasteiger partial charge in [0.25, 0.3) is 0 Å². The molecule has 0 saturated heterocycles. The maximum Gasteiger partial charge on any atom is 0.0861 e. The molecule has 1 aromatic rings. The number of hydrogen-bond donors (Lipinski definition) is 3. The van der Waals surface area contributed by atoms with Crippen molar-refractivity contribution in [2.75, 3.05) is 18.9 Å². The van der Waals surface area contributed by atoms with Crippen LogP contribution < -0.4 is 5.73 Å². The van der Waals surface area contributed by atoms with Crippen molar-refractivity contribution in [3.8, 4) is 0 Å². The highest BCUT2D eigenvalue weighted by molar-refractivity contribution is 9.11. The molecule has 0 amide bonds. The van der Waals surface area contributed by atoms with Gasteiger partial charge in [-0.1, -0.05) is 0 Å². The Morgan fingerprint density at radius 3 is 2.73 bits per heavy atom. The number of rotatable bonds is 6. The highest BCUT2D eigenvalue weighted by Gasteiger charge is 2.14. The third-order valence-electron chi connectivity index (χ3n) is 1.83. The Balaban J connectivity index is 2.49. The molecule has 1 aromatic heterocycles. The summed E-state index contributed by atoms with van der Waals surface area (Å²) in [6, 6.07) is 4.02. The summed E-state index contributed by atoms with van der Waals surface area (Å²) in [5.74, 6) is 0.508. The molecule has 0 fully saturated rings. The van der Waals surface area contributed by atoms with E-state index in [1.165, 1.54) is 4.88 Å². The summed E-state index contributed by atoms with van der Waals surface area (Å²) < 4.78 is 1.08. The molecular formula is C9H14BrNO2S2. The van der Waals surface area contributed by atoms with Crippen molar-refractivity contribution in [2.45, 2.75) is 11.4 Å². The van der Waals surface area contributed by atoms with E-state index in [0.717, 1.165) is 3.79 Å². The van der Waals surface area contributed by atoms with E-state index < -0.39 is 6.10 Å². The maximum atomic E-state index is 9.24. The second-order valence-electron chi connectivity index (χ2n) is 3.04. The van der Waals surface area contributed by atoms with Crippen molar-refractivity contribution in [2.24, 2.45) is 5.73 Å². The fraction of sp³-hybridized carbons (Fsp3) is 0.556. The number of halogens is 1. The van der Waals surface area contributed by atoms with Crippen molar-refractivity contribution < 1.29 is 10.2 Å². The lowest BCUT2D eigenvalue weighted by molar-refractivity contribution is 0.113. The first kappa shape index (κ1) is 13.5. The van der Waals surface area contributed by atoms with Crippen LogP contribution in [-0.2, 0) is 0 Å². The predicted octanol–water partition coefficient (Wildman–Crippen LogP) is 1.60. The molecular weight excluding hydrogens is 298 g/mol. The predicted molar refractivity (Wildman–Crippen MR) is 69.4 cm³/mol. The molecule has 3 nitrogen and oxygen atoms in total. The van der Waals surface area contributed by atoms with Gasteiger partial charge < -0.3 is 15.9 Å². The van der Waals surface area contributed by atoms with Crippen LogP contribution in [0.5, 0.6) is 0 Å². The van der Waals surface area contributed by atoms with Crippen LogP contribution in [0.4, 0.5) is 0 Å². The summed E-state index contributed by atoms with van der Waals surface area (Å²) in [5.41, 5.74) is 5.67. The Morgan fingerprint density at radius 1 is 1.53 bits per heavy atom. The van der Waals surface area contributed by atoms with Crippen molar-refractivity contribution in [3.05, 3.63) is 20.8 Å². The molecule has 1 rings (SSSR count). The van der Waals surface area contributed by atoms with Crippen molar-refractivity contribution in [3.63, 3.8) is 0 Å². The molecule has 0 radical (unpaired) electrons. The first-order valence-electron chi connectivity index (χ1n) is 4.53. The third-order valence-corrected chi connectivity index (χ3v) is 5.14. The Hall–Kier alpha value is 0.410. The third kappa shape index (κ3) is 4.42. The molecule has 0 spiro atoms. The van der Waals surface area contributed by atoms with E-state index in [-0.39, 0.29) is 11.9 Å². The van der Waals surface area contributed by atoms with Crippen LogP contribution in [0.1, 0.15) is 10.1 Å². The van der Waals surface area contributed by atoms with E-state index in [1.807, 2.05) is 12.1 Å². The minimum atomic E-state index is -0.660. The molecule has 86 valence electrons. The van der Waals surface area contributed by atoms with Crippen LogP contribution in [0.3, 0.4) is 0 Å². The average Bonchev–Trinajstić information content (AvgIpc) is 2.65. The van der Waals surface area contributed by atoms with Crippen molar-refractivity contribution in [1.29, 1.82) is 0 Å². The monoisotopic (exact) mass is 311 g/mol. The van der Waals surface area contributed by atoms with E-state index in [0.29, 0.717) is 12.3 Å². The molecule has 4 N–H and O–H groups in total. The Morgan fingerprint density at radius 2 is 2.27 bits per heavy atom. The molecule has 0 saturated carbocycles. The highest BCUT2D eigenvalue weighted by atomic mass is 79.9. The summed E-state index contributed by atoms with van der Waals surface area (Å²) in [7, 11) is 0. The summed E-state index contributed by atoms with van der Waals surface area (Å²) >= 11 is 6.63. The molecule has 1 heterocycles. The minimum absolute atomic E-state index is 0.196. The second-order valence-corrected chi connectivity index (χ2v) is 6.77. The Bertz CT molecular complexity index is 295. The standard InChI is InChI=1S/C9H14BrNO2S2/c10-9-2-1-7(15-9)8(3-11)14-5-6(13)4-12/h1-2,6,8,12-13H,3-5,11H2. The molecule has 0 aliphatic carbocycles. The quantitative estimate of drug-likeness (QED) is 0.746. The molecule has 2 unspecified atom stereocenters. The normalized spacial score (nSPS) is 15.2. The largest absolute Gasteiger partial charge is 0.394 e. The summed E-state index contributed by atoms with van der Waals surface area (Å²) in [6.07, 6.45) is -0.660. The molecule has 0 aliphatic rings. The van der Waals surface area contributed by atoms with Gasteiger partial charge >= 0.3 is 0 Å². The SMILES string of the molecule is NCC(SCC(O)CO)c1ccc(Br)s1. The fourth-order valence-electron chi connectivity index (χ4n) is 1.05. The zero-order valence-corrected chi connectivity index (χ0v) is 11.3. The molecule has 0 bridgehead atoms. The van der Waals surface area contributed by atoms with Gasteiger partial charge in [0.1, 0.15) is 0 Å². The number of nitrogens with two attached hydrogens (primary N) is 1. The lowest BCUT2D eigenvalue weighted by atomic mass is 10.3. The fourth-order valence-corrected chi connectivity index (χ4v) is 3.75. The minimum Gasteiger partial charge on any atom is -0.394 e. The Labute approximate surface area is 106 Å². The van der Waals surface area contributed by atoms with E-state index in [4.69, 9.17) is 10.8 Å². The van der Waals surface area contributed by atoms with Crippen LogP contribution >= 0.6 is 39.0 Å². The first-order chi connectivity index (χ1) is 7.17. The van der Waals surface area contributed by atoms with Gasteiger partial charge in [0, 0.05) is 17.2 Å². The van der Waals surface area contributed by atoms with E-state index >= 15 is 0 Å². The zero-order chi connectivity index (χ0) is 11.3. The molecule has 15 heavy (non-hydrogen) atoms. The van der Waals surface area contributed by atoms with Crippen LogP contribution in [0, 0.1) is 0 Å². The lowest BCUT2D eigenvalue weighted by Gasteiger charge is -2.14. The number of hydrogen-bond acceptors (Lipinski definition) is 5. The summed E-state index contributed by atoms with van der Waals surface area (Å²) in [4.78, 5) is 1.19. The van der Waals surface area contributed by atoms with Crippen molar-refractivity contribution in [1.82, 2.24) is 0 Å². The van der Waals surface area contributed by atoms with Gasteiger partial charge in [0.15, 0.2) is 0 Å². The number of aliphatic hydroxyl groups excluding tert-OH is 2. The smallest absolute Gasteiger partial charge is 0.0861 e. The van der Waals surface area contributed by atoms with E-state index in [1.54, 1.807) is 23.1 Å². The summed E-state index contributed by atoms with van der Waals surface area (Å²) in [6.45, 7) is 0.341. The maximum absolute atomic E-state index is 9.24. The zero-order valence-electron chi connectivity index (χ0n) is 8.10. The number of thiophene rings is 1. The highest BCUT2D eigenvalue weighted by Crippen LogP contribution is 2.35. The summed E-state index contributed by atoms with van der Waals surface area (Å²) in [5, 5.41) is 18.1. The van der Waals surface area contributed by atoms with Gasteiger partial charge in [-0.25, -0.2) is 0 Å². The van der Waals surface area contributed by atoms with E-state index in [2.05, 4.69) is 15.9 Å². The first-order valence-corrected chi connectivity index (χ1v) is 7.19. The van der Waals surface area contributed by atoms with Crippen LogP contribution in [0.15, 0.2) is 15.9 Å². The second kappa shape index (κ2) is 6.88. The van der Waals surface area contributed by atoms with Gasteiger partial charge in [-0.05, 0) is 28.1 Å². The van der Waals surface area contributed by atoms with Crippen LogP contribution in [0.25, 0.3) is 0 Å². The molecule has 2 atom stereocenters. The molecule has 6 heteroatoms. The van der Waals surface area contributed by atoms with Gasteiger partial charge in [-0.2, -0.15) is 0 Å². The molecule has 0 aromatic carbocycles.